The minimum absolute atomic E-state index is 0.223. The fourth-order valence-electron chi connectivity index (χ4n) is 3.75. The van der Waals surface area contributed by atoms with Gasteiger partial charge in [0.2, 0.25) is 0 Å². The van der Waals surface area contributed by atoms with Gasteiger partial charge in [-0.25, -0.2) is 0 Å². The number of halogens is 2. The van der Waals surface area contributed by atoms with Gasteiger partial charge in [-0.05, 0) is 73.7 Å². The maximum Gasteiger partial charge on any atom is 0.258 e. The van der Waals surface area contributed by atoms with Crippen molar-refractivity contribution in [2.24, 2.45) is 0 Å². The number of benzene rings is 2. The van der Waals surface area contributed by atoms with Gasteiger partial charge in [-0.1, -0.05) is 47.5 Å². The van der Waals surface area contributed by atoms with Gasteiger partial charge in [0.1, 0.15) is 0 Å². The molecule has 0 saturated carbocycles. The molecular weight excluding hydrogens is 429 g/mol. The van der Waals surface area contributed by atoms with E-state index in [1.807, 2.05) is 74.5 Å². The molecule has 1 atom stereocenters. The van der Waals surface area contributed by atoms with Crippen LogP contribution < -0.4 is 10.6 Å². The van der Waals surface area contributed by atoms with Crippen LogP contribution in [0.3, 0.4) is 0 Å². The van der Waals surface area contributed by atoms with Crippen LogP contribution in [0.25, 0.3) is 11.1 Å². The number of carbonyl (C=O) groups excluding carboxylic acids is 1. The van der Waals surface area contributed by atoms with Gasteiger partial charge < -0.3 is 10.6 Å². The lowest BCUT2D eigenvalue weighted by Gasteiger charge is -2.34. The van der Waals surface area contributed by atoms with Gasteiger partial charge in [-0.15, -0.1) is 0 Å². The van der Waals surface area contributed by atoms with Crippen molar-refractivity contribution in [3.05, 3.63) is 106 Å². The van der Waals surface area contributed by atoms with Gasteiger partial charge in [-0.2, -0.15) is 0 Å². The first-order valence-corrected chi connectivity index (χ1v) is 10.6. The first-order valence-electron chi connectivity index (χ1n) is 9.83. The summed E-state index contributed by atoms with van der Waals surface area (Å²) in [7, 11) is 0. The summed E-state index contributed by atoms with van der Waals surface area (Å²) in [5.74, 6) is -0.223. The molecule has 0 fully saturated rings. The first kappa shape index (κ1) is 21.2. The molecule has 1 unspecified atom stereocenters. The molecule has 6 heteroatoms. The topological polar surface area (TPSA) is 54.0 Å². The number of carbonyl (C=O) groups is 1. The predicted molar refractivity (Wildman–Crippen MR) is 127 cm³/mol. The molecule has 3 aromatic rings. The highest BCUT2D eigenvalue weighted by Gasteiger charge is 2.40. The number of anilines is 1. The molecule has 1 aliphatic rings. The Morgan fingerprint density at radius 1 is 1.03 bits per heavy atom. The van der Waals surface area contributed by atoms with Crippen LogP contribution in [0.5, 0.6) is 0 Å². The second-order valence-electron chi connectivity index (χ2n) is 7.36. The zero-order valence-corrected chi connectivity index (χ0v) is 18.6. The molecule has 2 aromatic carbocycles. The van der Waals surface area contributed by atoms with E-state index in [0.717, 1.165) is 27.9 Å². The largest absolute Gasteiger partial charge is 0.370 e. The van der Waals surface area contributed by atoms with Crippen LogP contribution in [-0.4, -0.2) is 10.9 Å². The van der Waals surface area contributed by atoms with E-state index >= 15 is 0 Å². The lowest BCUT2D eigenvalue weighted by atomic mass is 9.81. The summed E-state index contributed by atoms with van der Waals surface area (Å²) in [6.45, 7) is 3.81. The Labute approximate surface area is 191 Å². The maximum atomic E-state index is 13.8. The van der Waals surface area contributed by atoms with Crippen molar-refractivity contribution in [3.8, 4) is 11.1 Å². The molecule has 31 heavy (non-hydrogen) atoms. The molecule has 0 spiro atoms. The second kappa shape index (κ2) is 8.58. The highest BCUT2D eigenvalue weighted by atomic mass is 35.5. The number of aryl methyl sites for hydroxylation is 1. The molecule has 1 aromatic heterocycles. The monoisotopic (exact) mass is 449 g/mol. The second-order valence-corrected chi connectivity index (χ2v) is 8.21. The average molecular weight is 450 g/mol. The molecule has 156 valence electrons. The molecule has 4 rings (SSSR count). The van der Waals surface area contributed by atoms with Crippen LogP contribution in [-0.2, 0) is 10.3 Å². The minimum atomic E-state index is -1.13. The Bertz CT molecular complexity index is 1200. The molecule has 4 nitrogen and oxygen atoms in total. The number of nitrogens with one attached hydrogen (secondary N) is 2. The molecule has 0 bridgehead atoms. The maximum absolute atomic E-state index is 13.8. The van der Waals surface area contributed by atoms with Gasteiger partial charge in [0, 0.05) is 38.8 Å². The van der Waals surface area contributed by atoms with Crippen molar-refractivity contribution in [2.45, 2.75) is 19.4 Å². The molecule has 0 aliphatic carbocycles. The number of hydrogen-bond acceptors (Lipinski definition) is 3. The summed E-state index contributed by atoms with van der Waals surface area (Å²) in [5, 5.41) is 7.59. The third kappa shape index (κ3) is 3.97. The number of rotatable bonds is 4. The lowest BCUT2D eigenvalue weighted by molar-refractivity contribution is -0.120. The summed E-state index contributed by atoms with van der Waals surface area (Å²) in [4.78, 5) is 18.2. The summed E-state index contributed by atoms with van der Waals surface area (Å²) >= 11 is 12.4. The van der Waals surface area contributed by atoms with Crippen molar-refractivity contribution in [1.29, 1.82) is 0 Å². The number of amides is 1. The molecule has 0 saturated heterocycles. The van der Waals surface area contributed by atoms with Gasteiger partial charge in [0.15, 0.2) is 5.54 Å². The van der Waals surface area contributed by atoms with E-state index in [2.05, 4.69) is 15.6 Å². The zero-order chi connectivity index (χ0) is 22.0. The van der Waals surface area contributed by atoms with E-state index in [9.17, 15) is 4.79 Å². The van der Waals surface area contributed by atoms with Crippen molar-refractivity contribution in [2.75, 3.05) is 5.32 Å². The van der Waals surface area contributed by atoms with Crippen molar-refractivity contribution < 1.29 is 4.79 Å². The van der Waals surface area contributed by atoms with E-state index in [1.165, 1.54) is 0 Å². The number of pyridine rings is 1. The summed E-state index contributed by atoms with van der Waals surface area (Å²) in [6, 6.07) is 14.9. The summed E-state index contributed by atoms with van der Waals surface area (Å²) < 4.78 is 0. The smallest absolute Gasteiger partial charge is 0.258 e. The Hall–Kier alpha value is -3.08. The van der Waals surface area contributed by atoms with Crippen molar-refractivity contribution in [3.63, 3.8) is 0 Å². The number of hydrogen-bond donors (Lipinski definition) is 2. The highest BCUT2D eigenvalue weighted by Crippen LogP contribution is 2.37. The van der Waals surface area contributed by atoms with Crippen LogP contribution in [0.4, 0.5) is 5.69 Å². The molecule has 0 radical (unpaired) electrons. The van der Waals surface area contributed by atoms with Gasteiger partial charge >= 0.3 is 0 Å². The standard InChI is InChI=1S/C25H21Cl2N3O/c1-16-21(27)6-5-7-22(16)30-24(31)25(13-3-4-14-29-25)20-12-15-28-17(2)23(20)18-8-10-19(26)11-9-18/h3-15,29H,1-2H3,(H,30,31). The lowest BCUT2D eigenvalue weighted by Crippen LogP contribution is -2.49. The third-order valence-corrected chi connectivity index (χ3v) is 6.10. The van der Waals surface area contributed by atoms with Gasteiger partial charge in [-0.3, -0.25) is 9.78 Å². The Morgan fingerprint density at radius 2 is 1.81 bits per heavy atom. The highest BCUT2D eigenvalue weighted by molar-refractivity contribution is 6.32. The van der Waals surface area contributed by atoms with Crippen LogP contribution in [0.15, 0.2) is 79.2 Å². The molecule has 1 aliphatic heterocycles. The van der Waals surface area contributed by atoms with Gasteiger partial charge in [0.05, 0.1) is 0 Å². The van der Waals surface area contributed by atoms with E-state index in [1.54, 1.807) is 18.5 Å². The molecule has 2 N–H and O–H groups in total. The molecular formula is C25H21Cl2N3O. The molecule has 1 amide bonds. The normalized spacial score (nSPS) is 17.3. The third-order valence-electron chi connectivity index (χ3n) is 5.44. The Morgan fingerprint density at radius 3 is 2.52 bits per heavy atom. The van der Waals surface area contributed by atoms with Crippen LogP contribution in [0, 0.1) is 13.8 Å². The van der Waals surface area contributed by atoms with Crippen molar-refractivity contribution in [1.82, 2.24) is 10.3 Å². The van der Waals surface area contributed by atoms with E-state index in [4.69, 9.17) is 23.2 Å². The quantitative estimate of drug-likeness (QED) is 0.499. The fourth-order valence-corrected chi connectivity index (χ4v) is 4.05. The number of dihydropyridines is 1. The minimum Gasteiger partial charge on any atom is -0.370 e. The van der Waals surface area contributed by atoms with Crippen LogP contribution in [0.1, 0.15) is 16.8 Å². The summed E-state index contributed by atoms with van der Waals surface area (Å²) in [6.07, 6.45) is 9.06. The molecule has 2 heterocycles. The zero-order valence-electron chi connectivity index (χ0n) is 17.1. The van der Waals surface area contributed by atoms with Crippen molar-refractivity contribution >= 4 is 34.8 Å². The Kier molecular flexibility index (Phi) is 5.86. The Balaban J connectivity index is 1.86. The first-order chi connectivity index (χ1) is 14.9. The number of aromatic nitrogens is 1. The van der Waals surface area contributed by atoms with Crippen LogP contribution in [0.2, 0.25) is 10.0 Å². The van der Waals surface area contributed by atoms with E-state index < -0.39 is 5.54 Å². The predicted octanol–water partition coefficient (Wildman–Crippen LogP) is 6.18. The van der Waals surface area contributed by atoms with E-state index in [0.29, 0.717) is 15.7 Å². The van der Waals surface area contributed by atoms with E-state index in [-0.39, 0.29) is 5.91 Å². The average Bonchev–Trinajstić information content (AvgIpc) is 2.78. The number of allylic oxidation sites excluding steroid dienone is 2. The fraction of sp³-hybridized carbons (Fsp3) is 0.120. The number of nitrogens with zero attached hydrogens (tertiary/aromatic N) is 1. The summed E-state index contributed by atoms with van der Waals surface area (Å²) in [5.41, 5.74) is 3.76. The SMILES string of the molecule is Cc1nccc(C2(C(=O)Nc3cccc(Cl)c3C)C=CC=CN2)c1-c1ccc(Cl)cc1. The van der Waals surface area contributed by atoms with Crippen LogP contribution >= 0.6 is 23.2 Å². The van der Waals surface area contributed by atoms with Gasteiger partial charge in [0.25, 0.3) is 5.91 Å².